The minimum atomic E-state index is -0.00414. The molecule has 118 valence electrons. The van der Waals surface area contributed by atoms with Gasteiger partial charge in [-0.05, 0) is 45.1 Å². The first-order valence-corrected chi connectivity index (χ1v) is 7.04. The average molecular weight is 314 g/mol. The number of likely N-dealkylation sites (N-methyl/N-ethyl adjacent to an activating group) is 1. The molecule has 6 heteroatoms. The molecule has 1 fully saturated rings. The Morgan fingerprint density at radius 1 is 1.38 bits per heavy atom. The van der Waals surface area contributed by atoms with Gasteiger partial charge in [-0.15, -0.1) is 12.4 Å². The van der Waals surface area contributed by atoms with Gasteiger partial charge in [-0.3, -0.25) is 9.69 Å². The molecule has 1 aliphatic heterocycles. The number of piperidine rings is 1. The van der Waals surface area contributed by atoms with E-state index in [-0.39, 0.29) is 18.3 Å². The third kappa shape index (κ3) is 5.19. The van der Waals surface area contributed by atoms with Crippen LogP contribution in [0.15, 0.2) is 24.3 Å². The molecule has 0 spiro atoms. The Bertz CT molecular complexity index is 450. The highest BCUT2D eigenvalue weighted by molar-refractivity contribution is 5.93. The van der Waals surface area contributed by atoms with E-state index in [4.69, 9.17) is 4.74 Å². The average Bonchev–Trinajstić information content (AvgIpc) is 2.48. The Morgan fingerprint density at radius 2 is 2.05 bits per heavy atom. The fourth-order valence-electron chi connectivity index (χ4n) is 2.54. The second-order valence-electron chi connectivity index (χ2n) is 5.14. The fraction of sp³-hybridized carbons (Fsp3) is 0.533. The number of carbonyl (C=O) groups is 1. The van der Waals surface area contributed by atoms with Crippen molar-refractivity contribution in [2.24, 2.45) is 0 Å². The van der Waals surface area contributed by atoms with Crippen molar-refractivity contribution in [2.75, 3.05) is 39.1 Å². The smallest absolute Gasteiger partial charge is 0.238 e. The molecule has 0 bridgehead atoms. The molecule has 0 atom stereocenters. The number of nitrogens with one attached hydrogen (secondary N) is 2. The van der Waals surface area contributed by atoms with Crippen LogP contribution in [-0.2, 0) is 4.79 Å². The molecule has 1 amide bonds. The number of benzene rings is 1. The Hall–Kier alpha value is -1.30. The minimum absolute atomic E-state index is 0. The van der Waals surface area contributed by atoms with Crippen LogP contribution in [-0.4, -0.2) is 50.6 Å². The summed E-state index contributed by atoms with van der Waals surface area (Å²) in [6, 6.07) is 7.94. The Morgan fingerprint density at radius 3 is 2.71 bits per heavy atom. The lowest BCUT2D eigenvalue weighted by molar-refractivity contribution is -0.117. The van der Waals surface area contributed by atoms with Crippen molar-refractivity contribution in [3.8, 4) is 5.75 Å². The first-order valence-electron chi connectivity index (χ1n) is 7.04. The van der Waals surface area contributed by atoms with Crippen LogP contribution in [0.1, 0.15) is 12.8 Å². The molecule has 1 saturated heterocycles. The summed E-state index contributed by atoms with van der Waals surface area (Å²) < 4.78 is 5.23. The van der Waals surface area contributed by atoms with Crippen molar-refractivity contribution >= 4 is 24.0 Å². The van der Waals surface area contributed by atoms with E-state index in [1.54, 1.807) is 7.11 Å². The van der Waals surface area contributed by atoms with Gasteiger partial charge in [-0.2, -0.15) is 0 Å². The predicted octanol–water partition coefficient (Wildman–Crippen LogP) is 1.74. The third-order valence-electron chi connectivity index (χ3n) is 3.71. The Kier molecular flexibility index (Phi) is 7.50. The standard InChI is InChI=1S/C15H23N3O2.ClH/c1-18(12-7-9-16-10-8-12)11-15(19)17-13-5-3-4-6-14(13)20-2;/h3-6,12,16H,7-11H2,1-2H3,(H,17,19);1H. The van der Waals surface area contributed by atoms with Gasteiger partial charge in [0, 0.05) is 6.04 Å². The maximum atomic E-state index is 12.1. The van der Waals surface area contributed by atoms with Crippen LogP contribution in [0.25, 0.3) is 0 Å². The van der Waals surface area contributed by atoms with Crippen LogP contribution >= 0.6 is 12.4 Å². The van der Waals surface area contributed by atoms with Crippen molar-refractivity contribution in [3.05, 3.63) is 24.3 Å². The molecule has 1 heterocycles. The number of rotatable bonds is 5. The van der Waals surface area contributed by atoms with Gasteiger partial charge in [0.25, 0.3) is 0 Å². The second-order valence-corrected chi connectivity index (χ2v) is 5.14. The lowest BCUT2D eigenvalue weighted by Crippen LogP contribution is -2.44. The summed E-state index contributed by atoms with van der Waals surface area (Å²) in [5.41, 5.74) is 0.721. The summed E-state index contributed by atoms with van der Waals surface area (Å²) in [4.78, 5) is 14.2. The number of anilines is 1. The number of amides is 1. The van der Waals surface area contributed by atoms with E-state index in [9.17, 15) is 4.79 Å². The van der Waals surface area contributed by atoms with Gasteiger partial charge in [-0.1, -0.05) is 12.1 Å². The van der Waals surface area contributed by atoms with Crippen molar-refractivity contribution in [1.29, 1.82) is 0 Å². The van der Waals surface area contributed by atoms with Crippen molar-refractivity contribution < 1.29 is 9.53 Å². The molecule has 21 heavy (non-hydrogen) atoms. The number of carbonyl (C=O) groups excluding carboxylic acids is 1. The van der Waals surface area contributed by atoms with Crippen LogP contribution in [0.2, 0.25) is 0 Å². The number of para-hydroxylation sites is 2. The maximum absolute atomic E-state index is 12.1. The molecule has 2 rings (SSSR count). The molecule has 1 aliphatic rings. The molecule has 0 radical (unpaired) electrons. The van der Waals surface area contributed by atoms with E-state index < -0.39 is 0 Å². The summed E-state index contributed by atoms with van der Waals surface area (Å²) in [5.74, 6) is 0.681. The first-order chi connectivity index (χ1) is 9.70. The predicted molar refractivity (Wildman–Crippen MR) is 87.4 cm³/mol. The van der Waals surface area contributed by atoms with Crippen LogP contribution in [0.5, 0.6) is 5.75 Å². The van der Waals surface area contributed by atoms with Crippen LogP contribution < -0.4 is 15.4 Å². The number of nitrogens with zero attached hydrogens (tertiary/aromatic N) is 1. The lowest BCUT2D eigenvalue weighted by Gasteiger charge is -2.31. The molecule has 0 saturated carbocycles. The molecular formula is C15H24ClN3O2. The van der Waals surface area contributed by atoms with Crippen LogP contribution in [0.3, 0.4) is 0 Å². The highest BCUT2D eigenvalue weighted by atomic mass is 35.5. The summed E-state index contributed by atoms with van der Waals surface area (Å²) in [6.45, 7) is 2.47. The van der Waals surface area contributed by atoms with Crippen molar-refractivity contribution in [1.82, 2.24) is 10.2 Å². The maximum Gasteiger partial charge on any atom is 0.238 e. The topological polar surface area (TPSA) is 53.6 Å². The summed E-state index contributed by atoms with van der Waals surface area (Å²) in [5, 5.41) is 6.24. The number of methoxy groups -OCH3 is 1. The van der Waals surface area contributed by atoms with Gasteiger partial charge in [0.05, 0.1) is 19.3 Å². The number of hydrogen-bond donors (Lipinski definition) is 2. The van der Waals surface area contributed by atoms with Gasteiger partial charge in [0.15, 0.2) is 0 Å². The van der Waals surface area contributed by atoms with E-state index in [1.165, 1.54) is 0 Å². The highest BCUT2D eigenvalue weighted by Crippen LogP contribution is 2.23. The highest BCUT2D eigenvalue weighted by Gasteiger charge is 2.19. The minimum Gasteiger partial charge on any atom is -0.495 e. The molecule has 1 aromatic carbocycles. The Labute approximate surface area is 132 Å². The van der Waals surface area contributed by atoms with E-state index in [1.807, 2.05) is 31.3 Å². The normalized spacial score (nSPS) is 15.4. The molecule has 0 aromatic heterocycles. The number of hydrogen-bond acceptors (Lipinski definition) is 4. The van der Waals surface area contributed by atoms with Crippen molar-refractivity contribution in [3.63, 3.8) is 0 Å². The van der Waals surface area contributed by atoms with Gasteiger partial charge >= 0.3 is 0 Å². The van der Waals surface area contributed by atoms with Crippen molar-refractivity contribution in [2.45, 2.75) is 18.9 Å². The number of ether oxygens (including phenoxy) is 1. The van der Waals surface area contributed by atoms with Gasteiger partial charge in [-0.25, -0.2) is 0 Å². The van der Waals surface area contributed by atoms with Crippen LogP contribution in [0, 0.1) is 0 Å². The largest absolute Gasteiger partial charge is 0.495 e. The molecule has 0 aliphatic carbocycles. The molecule has 1 aromatic rings. The van der Waals surface area contributed by atoms with Gasteiger partial charge < -0.3 is 15.4 Å². The van der Waals surface area contributed by atoms with E-state index >= 15 is 0 Å². The SMILES string of the molecule is COc1ccccc1NC(=O)CN(C)C1CCNCC1.Cl. The monoisotopic (exact) mass is 313 g/mol. The quantitative estimate of drug-likeness (QED) is 0.869. The number of halogens is 1. The first kappa shape index (κ1) is 17.8. The lowest BCUT2D eigenvalue weighted by atomic mass is 10.1. The zero-order valence-corrected chi connectivity index (χ0v) is 13.4. The zero-order chi connectivity index (χ0) is 14.4. The molecule has 2 N–H and O–H groups in total. The molecule has 5 nitrogen and oxygen atoms in total. The zero-order valence-electron chi connectivity index (χ0n) is 12.6. The van der Waals surface area contributed by atoms with E-state index in [2.05, 4.69) is 15.5 Å². The van der Waals surface area contributed by atoms with Gasteiger partial charge in [0.2, 0.25) is 5.91 Å². The Balaban J connectivity index is 0.00000220. The fourth-order valence-corrected chi connectivity index (χ4v) is 2.54. The summed E-state index contributed by atoms with van der Waals surface area (Å²) >= 11 is 0. The molecule has 0 unspecified atom stereocenters. The van der Waals surface area contributed by atoms with E-state index in [0.29, 0.717) is 18.3 Å². The summed E-state index contributed by atoms with van der Waals surface area (Å²) in [7, 11) is 3.62. The van der Waals surface area contributed by atoms with Gasteiger partial charge in [0.1, 0.15) is 5.75 Å². The summed E-state index contributed by atoms with van der Waals surface area (Å²) in [6.07, 6.45) is 2.19. The van der Waals surface area contributed by atoms with Crippen LogP contribution in [0.4, 0.5) is 5.69 Å². The van der Waals surface area contributed by atoms with E-state index in [0.717, 1.165) is 31.6 Å². The molecular weight excluding hydrogens is 290 g/mol. The second kappa shape index (κ2) is 8.87. The third-order valence-corrected chi connectivity index (χ3v) is 3.71.